The molecular formula is C23H16F3N7O2. The second kappa shape index (κ2) is 9.95. The highest BCUT2D eigenvalue weighted by Gasteiger charge is 2.34. The molecule has 1 heterocycles. The first-order chi connectivity index (χ1) is 16.8. The smallest absolute Gasteiger partial charge is 0.334 e. The number of aromatic nitrogens is 2. The van der Waals surface area contributed by atoms with E-state index in [4.69, 9.17) is 0 Å². The van der Waals surface area contributed by atoms with Crippen molar-refractivity contribution in [2.75, 3.05) is 10.6 Å². The Hall–Kier alpha value is -4.87. The van der Waals surface area contributed by atoms with Gasteiger partial charge in [0.25, 0.3) is 0 Å². The van der Waals surface area contributed by atoms with Crippen molar-refractivity contribution in [3.63, 3.8) is 0 Å². The van der Waals surface area contributed by atoms with Gasteiger partial charge in [0, 0.05) is 5.69 Å². The van der Waals surface area contributed by atoms with Crippen LogP contribution in [0.3, 0.4) is 0 Å². The zero-order chi connectivity index (χ0) is 24.8. The van der Waals surface area contributed by atoms with E-state index in [1.807, 2.05) is 18.2 Å². The van der Waals surface area contributed by atoms with Crippen molar-refractivity contribution in [1.29, 1.82) is 0 Å². The SMILES string of the molecule is O=[N+]([O-])c1c(Nc2ccc(N=Nc3ccccc3)cc2)ncnc1Nc1ccccc1C(F)(F)F. The van der Waals surface area contributed by atoms with Crippen molar-refractivity contribution in [2.24, 2.45) is 10.2 Å². The lowest BCUT2D eigenvalue weighted by Crippen LogP contribution is -2.10. The Morgan fingerprint density at radius 2 is 1.34 bits per heavy atom. The molecule has 3 aromatic carbocycles. The maximum Gasteiger partial charge on any atom is 0.418 e. The number of anilines is 4. The standard InChI is InChI=1S/C23H16F3N7O2/c24-23(25,26)18-8-4-5-9-19(18)30-22-20(33(34)35)21(27-14-28-22)29-15-10-12-17(13-11-15)32-31-16-6-2-1-3-7-16/h1-14H,(H2,27,28,29,30). The number of benzene rings is 3. The van der Waals surface area contributed by atoms with Crippen molar-refractivity contribution in [2.45, 2.75) is 6.18 Å². The third-order valence-electron chi connectivity index (χ3n) is 4.66. The van der Waals surface area contributed by atoms with E-state index in [0.717, 1.165) is 18.5 Å². The van der Waals surface area contributed by atoms with E-state index in [1.54, 1.807) is 36.4 Å². The van der Waals surface area contributed by atoms with Crippen molar-refractivity contribution >= 4 is 40.1 Å². The monoisotopic (exact) mass is 479 g/mol. The van der Waals surface area contributed by atoms with Crippen molar-refractivity contribution < 1.29 is 18.1 Å². The third-order valence-corrected chi connectivity index (χ3v) is 4.66. The third kappa shape index (κ3) is 5.74. The maximum absolute atomic E-state index is 13.3. The summed E-state index contributed by atoms with van der Waals surface area (Å²) >= 11 is 0. The lowest BCUT2D eigenvalue weighted by atomic mass is 10.1. The number of hydrogen-bond donors (Lipinski definition) is 2. The van der Waals surface area contributed by atoms with Crippen LogP contribution in [0.5, 0.6) is 0 Å². The predicted octanol–water partition coefficient (Wildman–Crippen LogP) is 7.31. The van der Waals surface area contributed by atoms with Crippen molar-refractivity contribution in [3.8, 4) is 0 Å². The van der Waals surface area contributed by atoms with Gasteiger partial charge in [0.1, 0.15) is 6.33 Å². The molecule has 0 bridgehead atoms. The Morgan fingerprint density at radius 1 is 0.771 bits per heavy atom. The van der Waals surface area contributed by atoms with Crippen LogP contribution in [0.4, 0.5) is 53.2 Å². The minimum atomic E-state index is -4.66. The summed E-state index contributed by atoms with van der Waals surface area (Å²) in [6.45, 7) is 0. The van der Waals surface area contributed by atoms with Crippen LogP contribution in [0.25, 0.3) is 0 Å². The van der Waals surface area contributed by atoms with E-state index in [0.29, 0.717) is 17.1 Å². The fourth-order valence-electron chi connectivity index (χ4n) is 3.06. The van der Waals surface area contributed by atoms with E-state index >= 15 is 0 Å². The van der Waals surface area contributed by atoms with Gasteiger partial charge in [0.15, 0.2) is 0 Å². The number of alkyl halides is 3. The second-order valence-electron chi connectivity index (χ2n) is 7.05. The Balaban J connectivity index is 1.58. The van der Waals surface area contributed by atoms with Gasteiger partial charge in [-0.1, -0.05) is 30.3 Å². The summed E-state index contributed by atoms with van der Waals surface area (Å²) in [4.78, 5) is 18.7. The number of rotatable bonds is 7. The topological polar surface area (TPSA) is 118 Å². The largest absolute Gasteiger partial charge is 0.418 e. The molecule has 0 fully saturated rings. The first-order valence-electron chi connectivity index (χ1n) is 10.1. The van der Waals surface area contributed by atoms with Crippen LogP contribution in [0.1, 0.15) is 5.56 Å². The van der Waals surface area contributed by atoms with Gasteiger partial charge in [-0.05, 0) is 48.5 Å². The van der Waals surface area contributed by atoms with E-state index < -0.39 is 28.2 Å². The van der Waals surface area contributed by atoms with Crippen LogP contribution in [0.2, 0.25) is 0 Å². The number of azo groups is 1. The fraction of sp³-hybridized carbons (Fsp3) is 0.0435. The van der Waals surface area contributed by atoms with E-state index in [-0.39, 0.29) is 11.5 Å². The van der Waals surface area contributed by atoms with Gasteiger partial charge in [-0.15, -0.1) is 0 Å². The molecule has 1 aromatic heterocycles. The predicted molar refractivity (Wildman–Crippen MR) is 124 cm³/mol. The van der Waals surface area contributed by atoms with E-state index in [1.165, 1.54) is 12.1 Å². The lowest BCUT2D eigenvalue weighted by Gasteiger charge is -2.14. The van der Waals surface area contributed by atoms with Crippen LogP contribution in [-0.2, 0) is 6.18 Å². The molecule has 0 aliphatic carbocycles. The molecule has 12 heteroatoms. The van der Waals surface area contributed by atoms with Gasteiger partial charge in [-0.3, -0.25) is 10.1 Å². The number of para-hydroxylation sites is 1. The molecule has 0 atom stereocenters. The highest BCUT2D eigenvalue weighted by molar-refractivity contribution is 5.77. The van der Waals surface area contributed by atoms with Gasteiger partial charge in [-0.25, -0.2) is 9.97 Å². The molecule has 0 radical (unpaired) electrons. The van der Waals surface area contributed by atoms with Gasteiger partial charge in [0.2, 0.25) is 11.6 Å². The molecule has 176 valence electrons. The summed E-state index contributed by atoms with van der Waals surface area (Å²) < 4.78 is 40.0. The summed E-state index contributed by atoms with van der Waals surface area (Å²) in [6.07, 6.45) is -3.65. The normalized spacial score (nSPS) is 11.4. The first-order valence-corrected chi connectivity index (χ1v) is 10.1. The number of nitrogens with zero attached hydrogens (tertiary/aromatic N) is 5. The highest BCUT2D eigenvalue weighted by Crippen LogP contribution is 2.38. The average molecular weight is 479 g/mol. The zero-order valence-electron chi connectivity index (χ0n) is 17.8. The Morgan fingerprint density at radius 3 is 1.97 bits per heavy atom. The summed E-state index contributed by atoms with van der Waals surface area (Å²) in [6, 6.07) is 20.2. The molecule has 9 nitrogen and oxygen atoms in total. The highest BCUT2D eigenvalue weighted by atomic mass is 19.4. The summed E-state index contributed by atoms with van der Waals surface area (Å²) in [5, 5.41) is 25.2. The fourth-order valence-corrected chi connectivity index (χ4v) is 3.06. The second-order valence-corrected chi connectivity index (χ2v) is 7.05. The number of nitro groups is 1. The van der Waals surface area contributed by atoms with Crippen molar-refractivity contribution in [3.05, 3.63) is 101 Å². The molecule has 0 aliphatic rings. The Kier molecular flexibility index (Phi) is 6.62. The maximum atomic E-state index is 13.3. The lowest BCUT2D eigenvalue weighted by molar-refractivity contribution is -0.383. The van der Waals surface area contributed by atoms with Crippen molar-refractivity contribution in [1.82, 2.24) is 9.97 Å². The van der Waals surface area contributed by atoms with Crippen LogP contribution < -0.4 is 10.6 Å². The average Bonchev–Trinajstić information content (AvgIpc) is 2.84. The van der Waals surface area contributed by atoms with Crippen LogP contribution in [-0.4, -0.2) is 14.9 Å². The van der Waals surface area contributed by atoms with Gasteiger partial charge < -0.3 is 10.6 Å². The van der Waals surface area contributed by atoms with Gasteiger partial charge in [0.05, 0.1) is 27.5 Å². The molecule has 35 heavy (non-hydrogen) atoms. The molecule has 0 saturated heterocycles. The van der Waals surface area contributed by atoms with Crippen LogP contribution >= 0.6 is 0 Å². The zero-order valence-corrected chi connectivity index (χ0v) is 17.8. The summed E-state index contributed by atoms with van der Waals surface area (Å²) in [5.41, 5.74) is -0.311. The summed E-state index contributed by atoms with van der Waals surface area (Å²) in [5.74, 6) is -0.590. The number of hydrogen-bond acceptors (Lipinski definition) is 8. The molecule has 0 saturated carbocycles. The number of halogens is 3. The minimum Gasteiger partial charge on any atom is -0.334 e. The molecule has 4 rings (SSSR count). The van der Waals surface area contributed by atoms with Crippen LogP contribution in [0.15, 0.2) is 95.4 Å². The van der Waals surface area contributed by atoms with Gasteiger partial charge >= 0.3 is 11.9 Å². The molecule has 0 aliphatic heterocycles. The van der Waals surface area contributed by atoms with Gasteiger partial charge in [-0.2, -0.15) is 23.4 Å². The molecular weight excluding hydrogens is 463 g/mol. The number of nitrogens with one attached hydrogen (secondary N) is 2. The molecule has 0 amide bonds. The van der Waals surface area contributed by atoms with Crippen LogP contribution in [0, 0.1) is 10.1 Å². The Labute approximate surface area is 196 Å². The molecule has 0 spiro atoms. The summed E-state index contributed by atoms with van der Waals surface area (Å²) in [7, 11) is 0. The minimum absolute atomic E-state index is 0.198. The van der Waals surface area contributed by atoms with E-state index in [9.17, 15) is 23.3 Å². The molecule has 0 unspecified atom stereocenters. The quantitative estimate of drug-likeness (QED) is 0.163. The Bertz CT molecular complexity index is 1360. The molecule has 2 N–H and O–H groups in total. The molecule has 4 aromatic rings. The van der Waals surface area contributed by atoms with E-state index in [2.05, 4.69) is 30.8 Å². The first kappa shape index (κ1) is 23.3.